The normalized spacial score (nSPS) is 19.6. The van der Waals surface area contributed by atoms with Gasteiger partial charge in [-0.1, -0.05) is 60.7 Å². The highest BCUT2D eigenvalue weighted by Crippen LogP contribution is 2.44. The molecular formula is C26H28N2O6. The summed E-state index contributed by atoms with van der Waals surface area (Å²) in [6, 6.07) is 15.8. The minimum Gasteiger partial charge on any atom is -0.481 e. The number of carboxylic acid groups (broad SMARTS) is 1. The largest absolute Gasteiger partial charge is 0.481 e. The predicted molar refractivity (Wildman–Crippen MR) is 125 cm³/mol. The van der Waals surface area contributed by atoms with Crippen molar-refractivity contribution < 1.29 is 29.0 Å². The molecule has 2 aliphatic carbocycles. The Morgan fingerprint density at radius 2 is 1.71 bits per heavy atom. The summed E-state index contributed by atoms with van der Waals surface area (Å²) in [6.45, 7) is 0.102. The second kappa shape index (κ2) is 10.5. The Bertz CT molecular complexity index is 1050. The minimum absolute atomic E-state index is 0.0556. The van der Waals surface area contributed by atoms with Gasteiger partial charge in [-0.2, -0.15) is 0 Å². The van der Waals surface area contributed by atoms with E-state index in [1.807, 2.05) is 36.4 Å². The summed E-state index contributed by atoms with van der Waals surface area (Å²) >= 11 is 0. The first-order valence-corrected chi connectivity index (χ1v) is 11.3. The maximum Gasteiger partial charge on any atom is 0.407 e. The number of nitrogens with one attached hydrogen (secondary N) is 2. The average molecular weight is 465 g/mol. The molecule has 0 aromatic heterocycles. The lowest BCUT2D eigenvalue weighted by Gasteiger charge is -2.25. The quantitative estimate of drug-likeness (QED) is 0.518. The van der Waals surface area contributed by atoms with Gasteiger partial charge in [-0.05, 0) is 35.1 Å². The topological polar surface area (TPSA) is 114 Å². The first-order chi connectivity index (χ1) is 16.5. The Morgan fingerprint density at radius 3 is 2.32 bits per heavy atom. The van der Waals surface area contributed by atoms with Gasteiger partial charge in [-0.25, -0.2) is 4.79 Å². The molecule has 0 radical (unpaired) electrons. The van der Waals surface area contributed by atoms with Gasteiger partial charge >= 0.3 is 12.1 Å². The summed E-state index contributed by atoms with van der Waals surface area (Å²) in [5.41, 5.74) is 4.52. The highest BCUT2D eigenvalue weighted by molar-refractivity contribution is 5.82. The molecule has 0 bridgehead atoms. The summed E-state index contributed by atoms with van der Waals surface area (Å²) in [7, 11) is 1.38. The molecule has 2 aliphatic rings. The van der Waals surface area contributed by atoms with Crippen LogP contribution >= 0.6 is 0 Å². The fourth-order valence-corrected chi connectivity index (χ4v) is 4.58. The van der Waals surface area contributed by atoms with E-state index in [1.165, 1.54) is 7.11 Å². The van der Waals surface area contributed by atoms with Crippen molar-refractivity contribution in [2.75, 3.05) is 20.3 Å². The lowest BCUT2D eigenvalue weighted by molar-refractivity contribution is -0.142. The van der Waals surface area contributed by atoms with Crippen molar-refractivity contribution in [3.05, 3.63) is 71.8 Å². The third-order valence-electron chi connectivity index (χ3n) is 6.36. The first-order valence-electron chi connectivity index (χ1n) is 11.3. The van der Waals surface area contributed by atoms with E-state index in [1.54, 1.807) is 12.2 Å². The van der Waals surface area contributed by atoms with Gasteiger partial charge < -0.3 is 25.2 Å². The summed E-state index contributed by atoms with van der Waals surface area (Å²) in [5, 5.41) is 14.6. The third-order valence-corrected chi connectivity index (χ3v) is 6.36. The monoisotopic (exact) mass is 464 g/mol. The van der Waals surface area contributed by atoms with Crippen LogP contribution in [0, 0.1) is 5.92 Å². The summed E-state index contributed by atoms with van der Waals surface area (Å²) < 4.78 is 10.7. The fraction of sp³-hybridized carbons (Fsp3) is 0.346. The molecule has 178 valence electrons. The molecule has 3 N–H and O–H groups in total. The van der Waals surface area contributed by atoms with Crippen LogP contribution in [0.25, 0.3) is 11.1 Å². The molecule has 0 saturated heterocycles. The van der Waals surface area contributed by atoms with E-state index in [4.69, 9.17) is 9.47 Å². The van der Waals surface area contributed by atoms with Crippen molar-refractivity contribution in [3.8, 4) is 11.1 Å². The number of hydrogen-bond donors (Lipinski definition) is 3. The van der Waals surface area contributed by atoms with Crippen LogP contribution in [-0.4, -0.2) is 55.5 Å². The van der Waals surface area contributed by atoms with Gasteiger partial charge in [0.2, 0.25) is 0 Å². The Balaban J connectivity index is 1.29. The molecule has 0 saturated carbocycles. The molecule has 8 heteroatoms. The van der Waals surface area contributed by atoms with E-state index < -0.39 is 36.0 Å². The zero-order valence-corrected chi connectivity index (χ0v) is 18.9. The Morgan fingerprint density at radius 1 is 1.06 bits per heavy atom. The maximum atomic E-state index is 12.6. The van der Waals surface area contributed by atoms with Crippen LogP contribution in [-0.2, 0) is 19.1 Å². The van der Waals surface area contributed by atoms with Gasteiger partial charge in [0.15, 0.2) is 6.10 Å². The summed E-state index contributed by atoms with van der Waals surface area (Å²) in [4.78, 5) is 36.2. The van der Waals surface area contributed by atoms with Crippen molar-refractivity contribution in [2.24, 2.45) is 5.92 Å². The van der Waals surface area contributed by atoms with Crippen LogP contribution < -0.4 is 10.6 Å². The van der Waals surface area contributed by atoms with Gasteiger partial charge in [0.1, 0.15) is 6.61 Å². The minimum atomic E-state index is -0.931. The molecule has 2 amide bonds. The van der Waals surface area contributed by atoms with E-state index in [-0.39, 0.29) is 19.1 Å². The number of carboxylic acids is 1. The second-order valence-corrected chi connectivity index (χ2v) is 8.48. The number of rotatable bonds is 8. The van der Waals surface area contributed by atoms with Crippen molar-refractivity contribution in [1.82, 2.24) is 10.6 Å². The number of ether oxygens (including phenoxy) is 2. The molecular weight excluding hydrogens is 436 g/mol. The van der Waals surface area contributed by atoms with Crippen LogP contribution in [0.2, 0.25) is 0 Å². The third kappa shape index (κ3) is 5.12. The van der Waals surface area contributed by atoms with Crippen LogP contribution in [0.15, 0.2) is 60.7 Å². The number of alkyl carbamates (subject to hydrolysis) is 1. The number of carbonyl (C=O) groups excluding carboxylic acids is 2. The fourth-order valence-electron chi connectivity index (χ4n) is 4.58. The van der Waals surface area contributed by atoms with Crippen molar-refractivity contribution in [1.29, 1.82) is 0 Å². The van der Waals surface area contributed by atoms with Gasteiger partial charge in [-0.3, -0.25) is 9.59 Å². The zero-order valence-electron chi connectivity index (χ0n) is 18.9. The SMILES string of the molecule is COC(CNC(=O)OCC1c2ccccc2-c2ccccc21)C(=O)N[C@H]1C=CC[C@H](C(=O)O)C1. The molecule has 2 aromatic carbocycles. The molecule has 0 heterocycles. The number of aliphatic carboxylic acids is 1. The Labute approximate surface area is 198 Å². The molecule has 1 unspecified atom stereocenters. The second-order valence-electron chi connectivity index (χ2n) is 8.48. The Kier molecular flexibility index (Phi) is 7.27. The van der Waals surface area contributed by atoms with Crippen LogP contribution in [0.3, 0.4) is 0 Å². The van der Waals surface area contributed by atoms with Crippen molar-refractivity contribution >= 4 is 18.0 Å². The van der Waals surface area contributed by atoms with E-state index >= 15 is 0 Å². The van der Waals surface area contributed by atoms with Gasteiger partial charge in [0, 0.05) is 19.1 Å². The Hall–Kier alpha value is -3.65. The number of amides is 2. The number of hydrogen-bond acceptors (Lipinski definition) is 5. The van der Waals surface area contributed by atoms with Gasteiger partial charge in [0.05, 0.1) is 12.5 Å². The maximum absolute atomic E-state index is 12.6. The van der Waals surface area contributed by atoms with Crippen LogP contribution in [0.1, 0.15) is 29.9 Å². The number of benzene rings is 2. The molecule has 3 atom stereocenters. The molecule has 2 aromatic rings. The molecule has 0 aliphatic heterocycles. The van der Waals surface area contributed by atoms with Crippen LogP contribution in [0.5, 0.6) is 0 Å². The van der Waals surface area contributed by atoms with E-state index in [2.05, 4.69) is 22.8 Å². The summed E-state index contributed by atoms with van der Waals surface area (Å²) in [5.74, 6) is -1.90. The number of carbonyl (C=O) groups is 3. The smallest absolute Gasteiger partial charge is 0.407 e. The first kappa shape index (κ1) is 23.5. The standard InChI is InChI=1S/C26H28N2O6/c1-33-23(24(29)28-17-8-6-7-16(13-17)25(30)31)14-27-26(32)34-15-22-20-11-4-2-9-18(20)19-10-3-5-12-21(19)22/h2-6,8-12,16-17,22-23H,7,13-15H2,1H3,(H,27,32)(H,28,29)(H,30,31)/t16-,17-,23?/m0/s1. The number of methoxy groups -OCH3 is 1. The van der Waals surface area contributed by atoms with E-state index in [0.717, 1.165) is 22.3 Å². The molecule has 4 rings (SSSR count). The highest BCUT2D eigenvalue weighted by Gasteiger charge is 2.30. The number of allylic oxidation sites excluding steroid dienone is 1. The van der Waals surface area contributed by atoms with Crippen molar-refractivity contribution in [2.45, 2.75) is 30.9 Å². The molecule has 0 fully saturated rings. The zero-order chi connectivity index (χ0) is 24.1. The van der Waals surface area contributed by atoms with Crippen LogP contribution in [0.4, 0.5) is 4.79 Å². The predicted octanol–water partition coefficient (Wildman–Crippen LogP) is 3.08. The van der Waals surface area contributed by atoms with E-state index in [9.17, 15) is 19.5 Å². The van der Waals surface area contributed by atoms with E-state index in [0.29, 0.717) is 12.8 Å². The molecule has 0 spiro atoms. The van der Waals surface area contributed by atoms with Crippen molar-refractivity contribution in [3.63, 3.8) is 0 Å². The highest BCUT2D eigenvalue weighted by atomic mass is 16.5. The average Bonchev–Trinajstić information content (AvgIpc) is 3.17. The lowest BCUT2D eigenvalue weighted by Crippen LogP contribution is -2.48. The van der Waals surface area contributed by atoms with Gasteiger partial charge in [0.25, 0.3) is 5.91 Å². The number of fused-ring (bicyclic) bond motifs is 3. The summed E-state index contributed by atoms with van der Waals surface area (Å²) in [6.07, 6.45) is 2.72. The lowest BCUT2D eigenvalue weighted by atomic mass is 9.91. The van der Waals surface area contributed by atoms with Gasteiger partial charge in [-0.15, -0.1) is 0 Å². The molecule has 8 nitrogen and oxygen atoms in total. The molecule has 34 heavy (non-hydrogen) atoms.